The van der Waals surface area contributed by atoms with Crippen molar-refractivity contribution in [1.82, 2.24) is 9.55 Å². The van der Waals surface area contributed by atoms with Crippen LogP contribution in [0.2, 0.25) is 0 Å². The van der Waals surface area contributed by atoms with E-state index < -0.39 is 0 Å². The Morgan fingerprint density at radius 2 is 1.58 bits per heavy atom. The zero-order valence-electron chi connectivity index (χ0n) is 18.4. The van der Waals surface area contributed by atoms with Gasteiger partial charge in [-0.25, -0.2) is 0 Å². The highest BCUT2D eigenvalue weighted by atomic mass is 16.1. The van der Waals surface area contributed by atoms with Gasteiger partial charge >= 0.3 is 0 Å². The van der Waals surface area contributed by atoms with Crippen LogP contribution < -0.4 is 5.56 Å². The van der Waals surface area contributed by atoms with E-state index in [1.165, 1.54) is 6.07 Å². The molecule has 0 atom stereocenters. The SMILES string of the molecule is Cc1ccnc(C(=O)CC(=O)c2cc(Cc3ccccc3)cc(Cn3ccccc3=O)c2)c1. The van der Waals surface area contributed by atoms with Gasteiger partial charge in [-0.1, -0.05) is 42.5 Å². The maximum absolute atomic E-state index is 13.1. The lowest BCUT2D eigenvalue weighted by molar-refractivity contribution is 0.0891. The molecular weight excluding hydrogens is 412 g/mol. The fourth-order valence-electron chi connectivity index (χ4n) is 3.76. The molecule has 0 N–H and O–H groups in total. The smallest absolute Gasteiger partial charge is 0.250 e. The summed E-state index contributed by atoms with van der Waals surface area (Å²) >= 11 is 0. The van der Waals surface area contributed by atoms with Crippen molar-refractivity contribution in [1.29, 1.82) is 0 Å². The Morgan fingerprint density at radius 3 is 2.33 bits per heavy atom. The van der Waals surface area contributed by atoms with E-state index in [1.54, 1.807) is 41.2 Å². The summed E-state index contributed by atoms with van der Waals surface area (Å²) in [7, 11) is 0. The molecule has 0 amide bonds. The van der Waals surface area contributed by atoms with Gasteiger partial charge < -0.3 is 4.57 Å². The van der Waals surface area contributed by atoms with Crippen LogP contribution in [-0.4, -0.2) is 21.1 Å². The van der Waals surface area contributed by atoms with Gasteiger partial charge in [-0.15, -0.1) is 0 Å². The molecule has 0 radical (unpaired) electrons. The van der Waals surface area contributed by atoms with E-state index in [0.29, 0.717) is 24.2 Å². The summed E-state index contributed by atoms with van der Waals surface area (Å²) in [5.41, 5.74) is 4.46. The summed E-state index contributed by atoms with van der Waals surface area (Å²) < 4.78 is 1.59. The van der Waals surface area contributed by atoms with Crippen LogP contribution in [-0.2, 0) is 13.0 Å². The van der Waals surface area contributed by atoms with E-state index in [4.69, 9.17) is 0 Å². The Labute approximate surface area is 192 Å². The van der Waals surface area contributed by atoms with Crippen LogP contribution >= 0.6 is 0 Å². The molecule has 2 aromatic carbocycles. The van der Waals surface area contributed by atoms with E-state index in [-0.39, 0.29) is 23.5 Å². The molecule has 0 aliphatic heterocycles. The van der Waals surface area contributed by atoms with Crippen molar-refractivity contribution >= 4 is 11.6 Å². The van der Waals surface area contributed by atoms with E-state index in [9.17, 15) is 14.4 Å². The molecule has 0 bridgehead atoms. The number of nitrogens with zero attached hydrogens (tertiary/aromatic N) is 2. The largest absolute Gasteiger partial charge is 0.311 e. The van der Waals surface area contributed by atoms with Crippen molar-refractivity contribution in [3.63, 3.8) is 0 Å². The molecule has 4 rings (SSSR count). The van der Waals surface area contributed by atoms with Crippen LogP contribution in [0.3, 0.4) is 0 Å². The molecule has 0 fully saturated rings. The number of aromatic nitrogens is 2. The molecule has 33 heavy (non-hydrogen) atoms. The molecular formula is C28H24N2O3. The molecule has 164 valence electrons. The first kappa shape index (κ1) is 22.1. The summed E-state index contributed by atoms with van der Waals surface area (Å²) in [6.45, 7) is 2.22. The zero-order chi connectivity index (χ0) is 23.2. The van der Waals surface area contributed by atoms with Gasteiger partial charge in [0.1, 0.15) is 5.69 Å². The second-order valence-electron chi connectivity index (χ2n) is 8.11. The van der Waals surface area contributed by atoms with Gasteiger partial charge in [0, 0.05) is 24.0 Å². The van der Waals surface area contributed by atoms with Gasteiger partial charge in [-0.3, -0.25) is 19.4 Å². The second-order valence-corrected chi connectivity index (χ2v) is 8.11. The predicted octanol–water partition coefficient (Wildman–Crippen LogP) is 4.65. The molecule has 2 aromatic heterocycles. The van der Waals surface area contributed by atoms with Crippen molar-refractivity contribution in [3.05, 3.63) is 135 Å². The van der Waals surface area contributed by atoms with Crippen molar-refractivity contribution < 1.29 is 9.59 Å². The molecule has 4 aromatic rings. The number of aryl methyl sites for hydroxylation is 1. The van der Waals surface area contributed by atoms with Crippen molar-refractivity contribution in [2.45, 2.75) is 26.3 Å². The van der Waals surface area contributed by atoms with Crippen molar-refractivity contribution in [2.24, 2.45) is 0 Å². The molecule has 5 nitrogen and oxygen atoms in total. The minimum Gasteiger partial charge on any atom is -0.311 e. The Balaban J connectivity index is 1.64. The minimum atomic E-state index is -0.307. The van der Waals surface area contributed by atoms with Crippen LogP contribution in [0, 0.1) is 6.92 Å². The highest BCUT2D eigenvalue weighted by molar-refractivity contribution is 6.13. The van der Waals surface area contributed by atoms with Gasteiger partial charge in [0.25, 0.3) is 5.56 Å². The zero-order valence-corrected chi connectivity index (χ0v) is 18.4. The summed E-state index contributed by atoms with van der Waals surface area (Å²) in [6, 6.07) is 24.1. The normalized spacial score (nSPS) is 10.7. The van der Waals surface area contributed by atoms with Crippen LogP contribution in [0.1, 0.15) is 49.5 Å². The average Bonchev–Trinajstić information content (AvgIpc) is 2.81. The number of pyridine rings is 2. The number of ketones is 2. The maximum Gasteiger partial charge on any atom is 0.250 e. The quantitative estimate of drug-likeness (QED) is 0.298. The Kier molecular flexibility index (Phi) is 6.69. The number of hydrogen-bond acceptors (Lipinski definition) is 4. The maximum atomic E-state index is 13.1. The Hall–Kier alpha value is -4.12. The lowest BCUT2D eigenvalue weighted by Crippen LogP contribution is -2.18. The molecule has 0 saturated heterocycles. The minimum absolute atomic E-state index is 0.112. The Bertz CT molecular complexity index is 1360. The lowest BCUT2D eigenvalue weighted by Gasteiger charge is -2.11. The number of benzene rings is 2. The first-order valence-electron chi connectivity index (χ1n) is 10.8. The third kappa shape index (κ3) is 5.77. The number of carbonyl (C=O) groups is 2. The van der Waals surface area contributed by atoms with E-state index in [2.05, 4.69) is 4.98 Å². The molecule has 5 heteroatoms. The highest BCUT2D eigenvalue weighted by Gasteiger charge is 2.17. The predicted molar refractivity (Wildman–Crippen MR) is 128 cm³/mol. The van der Waals surface area contributed by atoms with Crippen LogP contribution in [0.4, 0.5) is 0 Å². The van der Waals surface area contributed by atoms with Crippen LogP contribution in [0.15, 0.2) is 96.1 Å². The van der Waals surface area contributed by atoms with Crippen LogP contribution in [0.25, 0.3) is 0 Å². The first-order chi connectivity index (χ1) is 16.0. The summed E-state index contributed by atoms with van der Waals surface area (Å²) in [5, 5.41) is 0. The molecule has 0 spiro atoms. The third-order valence-electron chi connectivity index (χ3n) is 5.40. The van der Waals surface area contributed by atoms with Gasteiger partial charge in [0.2, 0.25) is 0 Å². The molecule has 2 heterocycles. The lowest BCUT2D eigenvalue weighted by atomic mass is 9.96. The summed E-state index contributed by atoms with van der Waals surface area (Å²) in [6.07, 6.45) is 3.69. The summed E-state index contributed by atoms with van der Waals surface area (Å²) in [4.78, 5) is 42.0. The molecule has 0 saturated carbocycles. The molecule has 0 aliphatic carbocycles. The third-order valence-corrected chi connectivity index (χ3v) is 5.40. The van der Waals surface area contributed by atoms with Gasteiger partial charge in [0.15, 0.2) is 11.6 Å². The number of rotatable bonds is 8. The number of Topliss-reactive ketones (excluding diaryl/α,β-unsaturated/α-hetero) is 2. The van der Waals surface area contributed by atoms with E-state index in [1.807, 2.05) is 55.5 Å². The van der Waals surface area contributed by atoms with E-state index >= 15 is 0 Å². The van der Waals surface area contributed by atoms with Gasteiger partial charge in [-0.2, -0.15) is 0 Å². The van der Waals surface area contributed by atoms with E-state index in [0.717, 1.165) is 22.3 Å². The van der Waals surface area contributed by atoms with Gasteiger partial charge in [-0.05, 0) is 65.9 Å². The monoisotopic (exact) mass is 436 g/mol. The van der Waals surface area contributed by atoms with Crippen molar-refractivity contribution in [2.75, 3.05) is 0 Å². The molecule has 0 unspecified atom stereocenters. The highest BCUT2D eigenvalue weighted by Crippen LogP contribution is 2.18. The topological polar surface area (TPSA) is 69.0 Å². The fourth-order valence-corrected chi connectivity index (χ4v) is 3.76. The summed E-state index contributed by atoms with van der Waals surface area (Å²) in [5.74, 6) is -0.571. The first-order valence-corrected chi connectivity index (χ1v) is 10.8. The van der Waals surface area contributed by atoms with Crippen molar-refractivity contribution in [3.8, 4) is 0 Å². The van der Waals surface area contributed by atoms with Crippen LogP contribution in [0.5, 0.6) is 0 Å². The number of carbonyl (C=O) groups excluding carboxylic acids is 2. The molecule has 0 aliphatic rings. The average molecular weight is 437 g/mol. The standard InChI is InChI=1S/C28H24N2O3/c1-20-10-11-29-25(13-20)27(32)18-26(31)24-16-22(14-21-7-3-2-4-8-21)15-23(17-24)19-30-12-6-5-9-28(30)33/h2-13,15-17H,14,18-19H2,1H3. The second kappa shape index (κ2) is 10.0. The van der Waals surface area contributed by atoms with Gasteiger partial charge in [0.05, 0.1) is 13.0 Å². The Morgan fingerprint density at radius 1 is 0.818 bits per heavy atom. The fraction of sp³-hybridized carbons (Fsp3) is 0.143. The number of hydrogen-bond donors (Lipinski definition) is 0.